The van der Waals surface area contributed by atoms with Crippen LogP contribution in [0.2, 0.25) is 0 Å². The van der Waals surface area contributed by atoms with Crippen LogP contribution in [0.5, 0.6) is 0 Å². The van der Waals surface area contributed by atoms with Crippen LogP contribution in [0.25, 0.3) is 0 Å². The van der Waals surface area contributed by atoms with E-state index in [9.17, 15) is 4.79 Å². The molecule has 0 saturated carbocycles. The van der Waals surface area contributed by atoms with Gasteiger partial charge in [0.15, 0.2) is 0 Å². The topological polar surface area (TPSA) is 55.1 Å². The number of amides is 1. The van der Waals surface area contributed by atoms with E-state index in [2.05, 4.69) is 33.0 Å². The highest BCUT2D eigenvalue weighted by molar-refractivity contribution is 8.13. The number of nitrogens with one attached hydrogen (secondary N) is 1. The monoisotopic (exact) mass is 218 g/mol. The first-order chi connectivity index (χ1) is 6.49. The van der Waals surface area contributed by atoms with E-state index < -0.39 is 0 Å². The van der Waals surface area contributed by atoms with Gasteiger partial charge in [0.1, 0.15) is 0 Å². The molecular formula is C10H22N2OS. The van der Waals surface area contributed by atoms with Crippen molar-refractivity contribution >= 4 is 17.0 Å². The van der Waals surface area contributed by atoms with E-state index in [-0.39, 0.29) is 11.3 Å². The van der Waals surface area contributed by atoms with Gasteiger partial charge in [0.2, 0.25) is 0 Å². The molecule has 0 aromatic rings. The second kappa shape index (κ2) is 7.12. The molecular weight excluding hydrogens is 196 g/mol. The van der Waals surface area contributed by atoms with Gasteiger partial charge in [0.05, 0.1) is 0 Å². The van der Waals surface area contributed by atoms with E-state index in [1.54, 1.807) is 0 Å². The van der Waals surface area contributed by atoms with Gasteiger partial charge in [-0.3, -0.25) is 4.79 Å². The van der Waals surface area contributed by atoms with Gasteiger partial charge in [-0.25, -0.2) is 0 Å². The van der Waals surface area contributed by atoms with Gasteiger partial charge in [-0.05, 0) is 11.8 Å². The first kappa shape index (κ1) is 13.8. The van der Waals surface area contributed by atoms with E-state index in [4.69, 9.17) is 5.73 Å². The Morgan fingerprint density at radius 1 is 1.29 bits per heavy atom. The summed E-state index contributed by atoms with van der Waals surface area (Å²) in [5, 5.41) is 3.06. The van der Waals surface area contributed by atoms with Crippen LogP contribution >= 0.6 is 11.8 Å². The second-order valence-electron chi connectivity index (χ2n) is 4.08. The zero-order valence-electron chi connectivity index (χ0n) is 9.54. The molecule has 3 nitrogen and oxygen atoms in total. The van der Waals surface area contributed by atoms with Crippen molar-refractivity contribution in [3.63, 3.8) is 0 Å². The van der Waals surface area contributed by atoms with Crippen molar-refractivity contribution in [3.8, 4) is 0 Å². The molecule has 0 fully saturated rings. The summed E-state index contributed by atoms with van der Waals surface area (Å²) in [7, 11) is 0. The maximum atomic E-state index is 11.4. The van der Waals surface area contributed by atoms with Crippen LogP contribution in [0, 0.1) is 11.8 Å². The number of thioether (sulfide) groups is 1. The first-order valence-corrected chi connectivity index (χ1v) is 6.11. The average molecular weight is 218 g/mol. The molecule has 0 atom stereocenters. The van der Waals surface area contributed by atoms with Crippen LogP contribution in [0.15, 0.2) is 0 Å². The van der Waals surface area contributed by atoms with E-state index in [1.165, 1.54) is 11.8 Å². The second-order valence-corrected chi connectivity index (χ2v) is 5.15. The Morgan fingerprint density at radius 3 is 2.14 bits per heavy atom. The molecule has 0 aromatic carbocycles. The molecule has 0 rings (SSSR count). The molecule has 0 aliphatic rings. The number of hydrogen-bond acceptors (Lipinski definition) is 3. The summed E-state index contributed by atoms with van der Waals surface area (Å²) in [5.41, 5.74) is 5.33. The standard InChI is InChI=1S/C10H22N2OS/c1-7(2)9(8(3)4)12-10(13)14-6-5-11/h7-9H,5-6,11H2,1-4H3,(H,12,13). The third-order valence-electron chi connectivity index (χ3n) is 2.07. The van der Waals surface area contributed by atoms with Crippen molar-refractivity contribution in [2.75, 3.05) is 12.3 Å². The zero-order chi connectivity index (χ0) is 11.1. The smallest absolute Gasteiger partial charge is 0.279 e. The Balaban J connectivity index is 3.97. The lowest BCUT2D eigenvalue weighted by molar-refractivity contribution is 0.245. The Labute approximate surface area is 91.2 Å². The molecule has 0 unspecified atom stereocenters. The summed E-state index contributed by atoms with van der Waals surface area (Å²) in [5.74, 6) is 1.63. The molecule has 0 aliphatic heterocycles. The van der Waals surface area contributed by atoms with Gasteiger partial charge < -0.3 is 11.1 Å². The summed E-state index contributed by atoms with van der Waals surface area (Å²) in [6.07, 6.45) is 0. The molecule has 14 heavy (non-hydrogen) atoms. The van der Waals surface area contributed by atoms with Crippen LogP contribution in [-0.2, 0) is 0 Å². The summed E-state index contributed by atoms with van der Waals surface area (Å²) in [6, 6.07) is 0.257. The lowest BCUT2D eigenvalue weighted by Crippen LogP contribution is -2.40. The number of carbonyl (C=O) groups excluding carboxylic acids is 1. The molecule has 4 heteroatoms. The van der Waals surface area contributed by atoms with Gasteiger partial charge in [0, 0.05) is 18.3 Å². The number of carbonyl (C=O) groups is 1. The highest BCUT2D eigenvalue weighted by atomic mass is 32.2. The lowest BCUT2D eigenvalue weighted by Gasteiger charge is -2.25. The fourth-order valence-electron chi connectivity index (χ4n) is 1.43. The number of nitrogens with two attached hydrogens (primary N) is 1. The predicted octanol–water partition coefficient (Wildman–Crippen LogP) is 2.07. The molecule has 0 aromatic heterocycles. The summed E-state index contributed by atoms with van der Waals surface area (Å²) in [4.78, 5) is 11.4. The van der Waals surface area contributed by atoms with Crippen molar-refractivity contribution in [2.24, 2.45) is 17.6 Å². The molecule has 0 spiro atoms. The van der Waals surface area contributed by atoms with Gasteiger partial charge in [0.25, 0.3) is 5.24 Å². The highest BCUT2D eigenvalue weighted by Gasteiger charge is 2.19. The maximum Gasteiger partial charge on any atom is 0.279 e. The van der Waals surface area contributed by atoms with Crippen LogP contribution in [0.4, 0.5) is 4.79 Å². The Morgan fingerprint density at radius 2 is 1.79 bits per heavy atom. The fourth-order valence-corrected chi connectivity index (χ4v) is 1.96. The molecule has 0 bridgehead atoms. The zero-order valence-corrected chi connectivity index (χ0v) is 10.4. The molecule has 3 N–H and O–H groups in total. The molecule has 84 valence electrons. The van der Waals surface area contributed by atoms with Gasteiger partial charge in [-0.15, -0.1) is 0 Å². The average Bonchev–Trinajstić information content (AvgIpc) is 2.09. The third-order valence-corrected chi connectivity index (χ3v) is 2.89. The minimum atomic E-state index is 0.0443. The molecule has 0 aliphatic carbocycles. The number of rotatable bonds is 5. The molecule has 0 heterocycles. The molecule has 1 amide bonds. The van der Waals surface area contributed by atoms with Gasteiger partial charge in [-0.1, -0.05) is 39.5 Å². The summed E-state index contributed by atoms with van der Waals surface area (Å²) < 4.78 is 0. The van der Waals surface area contributed by atoms with Crippen molar-refractivity contribution in [2.45, 2.75) is 33.7 Å². The van der Waals surface area contributed by atoms with E-state index >= 15 is 0 Å². The van der Waals surface area contributed by atoms with Crippen molar-refractivity contribution in [3.05, 3.63) is 0 Å². The van der Waals surface area contributed by atoms with E-state index in [0.29, 0.717) is 24.1 Å². The molecule has 0 saturated heterocycles. The summed E-state index contributed by atoms with van der Waals surface area (Å²) in [6.45, 7) is 9.04. The van der Waals surface area contributed by atoms with Crippen molar-refractivity contribution in [1.29, 1.82) is 0 Å². The van der Waals surface area contributed by atoms with E-state index in [1.807, 2.05) is 0 Å². The normalized spacial score (nSPS) is 11.4. The predicted molar refractivity (Wildman–Crippen MR) is 63.5 cm³/mol. The first-order valence-electron chi connectivity index (χ1n) is 5.12. The Hall–Kier alpha value is -0.220. The van der Waals surface area contributed by atoms with Crippen LogP contribution < -0.4 is 11.1 Å². The van der Waals surface area contributed by atoms with E-state index in [0.717, 1.165) is 0 Å². The largest absolute Gasteiger partial charge is 0.344 e. The van der Waals surface area contributed by atoms with Crippen LogP contribution in [-0.4, -0.2) is 23.6 Å². The third kappa shape index (κ3) is 5.50. The minimum absolute atomic E-state index is 0.0443. The van der Waals surface area contributed by atoms with Crippen molar-refractivity contribution in [1.82, 2.24) is 5.32 Å². The highest BCUT2D eigenvalue weighted by Crippen LogP contribution is 2.13. The Bertz CT molecular complexity index is 164. The number of hydrogen-bond donors (Lipinski definition) is 2. The van der Waals surface area contributed by atoms with Crippen molar-refractivity contribution < 1.29 is 4.79 Å². The quantitative estimate of drug-likeness (QED) is 0.742. The van der Waals surface area contributed by atoms with Gasteiger partial charge in [-0.2, -0.15) is 0 Å². The van der Waals surface area contributed by atoms with Crippen LogP contribution in [0.1, 0.15) is 27.7 Å². The molecule has 0 radical (unpaired) electrons. The van der Waals surface area contributed by atoms with Gasteiger partial charge >= 0.3 is 0 Å². The fraction of sp³-hybridized carbons (Fsp3) is 0.900. The summed E-state index contributed by atoms with van der Waals surface area (Å²) >= 11 is 1.26. The van der Waals surface area contributed by atoms with Crippen LogP contribution in [0.3, 0.4) is 0 Å². The lowest BCUT2D eigenvalue weighted by atomic mass is 9.94. The Kier molecular flexibility index (Phi) is 7.01. The SMILES string of the molecule is CC(C)C(NC(=O)SCCN)C(C)C. The maximum absolute atomic E-state index is 11.4. The minimum Gasteiger partial charge on any atom is -0.344 e.